The maximum absolute atomic E-state index is 13.2. The van der Waals surface area contributed by atoms with Crippen LogP contribution in [0.25, 0.3) is 0 Å². The van der Waals surface area contributed by atoms with Crippen molar-refractivity contribution >= 4 is 5.91 Å². The van der Waals surface area contributed by atoms with Crippen LogP contribution in [0.5, 0.6) is 0 Å². The standard InChI is InChI=1S/C66H107NO18/c1-3-5-7-9-10-11-12-13-14-15-16-17-18-19-20-21-22-23-24-25-26-27-28-29-30-31-32-33-34-35-36-37-38-40-42-44-54(72)67-49(50(71)43-41-39-8-6-4-2)48-80-64-60(78)57(75)62(52(46-69)82-64)85-66-61(79)58(76)63(53(47-70)83-66)84-65-59(77)56(74)55(73)51(45-68)81-65/h5,7,10-11,13-14,16-17,19-20,22-23,25-26,28-29,31-32,41,43,49-53,55-66,68-71,73-79H,3-4,6,8-9,12,15,18,21,24,27,30,33-40,42,44-48H2,1-2H3,(H,67,72)/b7-5-,11-10-,14-13-,17-16-,20-19-,23-22-,26-25-,29-28-,32-31-,43-41+. The van der Waals surface area contributed by atoms with Crippen molar-refractivity contribution in [3.8, 4) is 0 Å². The van der Waals surface area contributed by atoms with Crippen molar-refractivity contribution in [2.75, 3.05) is 26.4 Å². The number of carbonyl (C=O) groups excluding carboxylic acids is 1. The van der Waals surface area contributed by atoms with Crippen LogP contribution >= 0.6 is 0 Å². The van der Waals surface area contributed by atoms with Crippen LogP contribution in [0.15, 0.2) is 122 Å². The van der Waals surface area contributed by atoms with Crippen LogP contribution in [-0.4, -0.2) is 193 Å². The molecule has 3 aliphatic rings. The molecular formula is C66H107NO18. The molecule has 3 aliphatic heterocycles. The molecule has 3 saturated heterocycles. The van der Waals surface area contributed by atoms with Gasteiger partial charge in [0.1, 0.15) is 73.2 Å². The molecule has 3 rings (SSSR count). The van der Waals surface area contributed by atoms with E-state index < -0.39 is 124 Å². The molecule has 484 valence electrons. The molecule has 0 aliphatic carbocycles. The molecule has 0 aromatic heterocycles. The van der Waals surface area contributed by atoms with Crippen LogP contribution in [0.2, 0.25) is 0 Å². The van der Waals surface area contributed by atoms with E-state index in [-0.39, 0.29) is 18.9 Å². The number of unbranched alkanes of at least 4 members (excludes halogenated alkanes) is 10. The van der Waals surface area contributed by atoms with Crippen LogP contribution in [-0.2, 0) is 33.2 Å². The van der Waals surface area contributed by atoms with Crippen molar-refractivity contribution in [2.24, 2.45) is 0 Å². The minimum Gasteiger partial charge on any atom is -0.394 e. The van der Waals surface area contributed by atoms with E-state index >= 15 is 0 Å². The van der Waals surface area contributed by atoms with Crippen molar-refractivity contribution in [3.63, 3.8) is 0 Å². The first-order valence-electron chi connectivity index (χ1n) is 31.3. The Kier molecular flexibility index (Phi) is 41.9. The fraction of sp³-hybridized carbons (Fsp3) is 0.682. The predicted molar refractivity (Wildman–Crippen MR) is 327 cm³/mol. The van der Waals surface area contributed by atoms with E-state index in [0.29, 0.717) is 12.8 Å². The highest BCUT2D eigenvalue weighted by molar-refractivity contribution is 5.76. The summed E-state index contributed by atoms with van der Waals surface area (Å²) in [5.74, 6) is -0.302. The number of aliphatic hydroxyl groups is 11. The number of amides is 1. The van der Waals surface area contributed by atoms with Gasteiger partial charge in [-0.15, -0.1) is 0 Å². The lowest BCUT2D eigenvalue weighted by Crippen LogP contribution is -2.66. The van der Waals surface area contributed by atoms with Gasteiger partial charge in [-0.3, -0.25) is 4.79 Å². The Balaban J connectivity index is 1.32. The van der Waals surface area contributed by atoms with Gasteiger partial charge in [0.05, 0.1) is 38.6 Å². The smallest absolute Gasteiger partial charge is 0.220 e. The van der Waals surface area contributed by atoms with Crippen LogP contribution in [0.4, 0.5) is 0 Å². The lowest BCUT2D eigenvalue weighted by Gasteiger charge is -2.48. The van der Waals surface area contributed by atoms with Crippen molar-refractivity contribution in [2.45, 2.75) is 259 Å². The van der Waals surface area contributed by atoms with Crippen LogP contribution in [0, 0.1) is 0 Å². The molecule has 3 fully saturated rings. The Bertz CT molecular complexity index is 2020. The van der Waals surface area contributed by atoms with E-state index in [1.54, 1.807) is 6.08 Å². The highest BCUT2D eigenvalue weighted by atomic mass is 16.8. The monoisotopic (exact) mass is 1200 g/mol. The van der Waals surface area contributed by atoms with Gasteiger partial charge in [-0.25, -0.2) is 0 Å². The molecule has 1 amide bonds. The molecule has 19 nitrogen and oxygen atoms in total. The molecule has 0 aromatic carbocycles. The lowest BCUT2D eigenvalue weighted by atomic mass is 9.96. The summed E-state index contributed by atoms with van der Waals surface area (Å²) < 4.78 is 34.0. The third kappa shape index (κ3) is 30.3. The van der Waals surface area contributed by atoms with Crippen molar-refractivity contribution < 1.29 is 89.4 Å². The van der Waals surface area contributed by atoms with E-state index in [2.05, 4.69) is 129 Å². The molecule has 12 N–H and O–H groups in total. The fourth-order valence-electron chi connectivity index (χ4n) is 9.65. The van der Waals surface area contributed by atoms with Gasteiger partial charge in [-0.2, -0.15) is 0 Å². The zero-order chi connectivity index (χ0) is 61.9. The summed E-state index contributed by atoms with van der Waals surface area (Å²) in [6, 6.07) is -0.984. The number of rotatable bonds is 44. The average Bonchev–Trinajstić information content (AvgIpc) is 2.21. The van der Waals surface area contributed by atoms with Gasteiger partial charge >= 0.3 is 0 Å². The summed E-state index contributed by atoms with van der Waals surface area (Å²) in [7, 11) is 0. The second-order valence-electron chi connectivity index (χ2n) is 21.8. The van der Waals surface area contributed by atoms with E-state index in [4.69, 9.17) is 28.4 Å². The van der Waals surface area contributed by atoms with Gasteiger partial charge in [0.25, 0.3) is 0 Å². The van der Waals surface area contributed by atoms with Gasteiger partial charge in [-0.05, 0) is 89.9 Å². The summed E-state index contributed by atoms with van der Waals surface area (Å²) in [6.45, 7) is 1.43. The zero-order valence-corrected chi connectivity index (χ0v) is 50.5. The normalized spacial score (nSPS) is 29.8. The second-order valence-corrected chi connectivity index (χ2v) is 21.8. The molecule has 0 saturated carbocycles. The highest BCUT2D eigenvalue weighted by Crippen LogP contribution is 2.33. The Hall–Kier alpha value is -3.81. The molecule has 85 heavy (non-hydrogen) atoms. The van der Waals surface area contributed by atoms with Crippen LogP contribution in [0.1, 0.15) is 155 Å². The number of carbonyl (C=O) groups is 1. The molecule has 0 bridgehead atoms. The van der Waals surface area contributed by atoms with Crippen LogP contribution < -0.4 is 5.32 Å². The summed E-state index contributed by atoms with van der Waals surface area (Å²) in [6.07, 6.45) is 37.0. The first-order chi connectivity index (χ1) is 41.3. The number of aliphatic hydroxyl groups excluding tert-OH is 11. The summed E-state index contributed by atoms with van der Waals surface area (Å²) in [5.41, 5.74) is 0. The van der Waals surface area contributed by atoms with E-state index in [9.17, 15) is 61.0 Å². The Morgan fingerprint density at radius 1 is 0.435 bits per heavy atom. The number of allylic oxidation sites excluding steroid dienone is 19. The predicted octanol–water partition coefficient (Wildman–Crippen LogP) is 6.48. The van der Waals surface area contributed by atoms with Gasteiger partial charge in [0.2, 0.25) is 5.91 Å². The Labute approximate surface area is 506 Å². The summed E-state index contributed by atoms with van der Waals surface area (Å²) in [4.78, 5) is 13.2. The summed E-state index contributed by atoms with van der Waals surface area (Å²) >= 11 is 0. The van der Waals surface area contributed by atoms with E-state index in [0.717, 1.165) is 122 Å². The SMILES string of the molecule is CC/C=C\C/C=C\C/C=C\C/C=C\C/C=C\C/C=C\C/C=C\C/C=C\C/C=C\CCCCCCCCCC(=O)NC(COC1OC(CO)C(OC2OC(CO)C(OC3OC(CO)C(O)C(O)C3O)C(O)C2O)C(O)C1O)C(O)/C=C/CCCCC. The number of ether oxygens (including phenoxy) is 6. The van der Waals surface area contributed by atoms with E-state index in [1.807, 2.05) is 6.08 Å². The van der Waals surface area contributed by atoms with Gasteiger partial charge in [0.15, 0.2) is 18.9 Å². The second kappa shape index (κ2) is 47.2. The minimum atomic E-state index is -1.98. The van der Waals surface area contributed by atoms with Crippen molar-refractivity contribution in [1.82, 2.24) is 5.32 Å². The average molecular weight is 1200 g/mol. The molecule has 0 aromatic rings. The topological polar surface area (TPSA) is 307 Å². The minimum absolute atomic E-state index is 0.220. The van der Waals surface area contributed by atoms with Crippen LogP contribution in [0.3, 0.4) is 0 Å². The third-order valence-corrected chi connectivity index (χ3v) is 14.8. The molecule has 0 radical (unpaired) electrons. The number of nitrogens with one attached hydrogen (secondary N) is 1. The number of hydrogen-bond donors (Lipinski definition) is 12. The van der Waals surface area contributed by atoms with Crippen molar-refractivity contribution in [3.05, 3.63) is 122 Å². The molecule has 19 heteroatoms. The molecule has 17 atom stereocenters. The zero-order valence-electron chi connectivity index (χ0n) is 50.5. The quantitative estimate of drug-likeness (QED) is 0.0229. The molecule has 0 spiro atoms. The number of hydrogen-bond acceptors (Lipinski definition) is 18. The lowest BCUT2D eigenvalue weighted by molar-refractivity contribution is -0.379. The largest absolute Gasteiger partial charge is 0.394 e. The first kappa shape index (κ1) is 75.4. The molecule has 17 unspecified atom stereocenters. The van der Waals surface area contributed by atoms with Crippen molar-refractivity contribution in [1.29, 1.82) is 0 Å². The van der Waals surface area contributed by atoms with Gasteiger partial charge < -0.3 is 89.9 Å². The maximum Gasteiger partial charge on any atom is 0.220 e. The molecular weight excluding hydrogens is 1090 g/mol. The van der Waals surface area contributed by atoms with E-state index in [1.165, 1.54) is 0 Å². The Morgan fingerprint density at radius 3 is 1.27 bits per heavy atom. The molecule has 3 heterocycles. The first-order valence-corrected chi connectivity index (χ1v) is 31.3. The summed E-state index contributed by atoms with van der Waals surface area (Å²) in [5, 5.41) is 119. The Morgan fingerprint density at radius 2 is 0.812 bits per heavy atom. The fourth-order valence-corrected chi connectivity index (χ4v) is 9.65. The van der Waals surface area contributed by atoms with Gasteiger partial charge in [0, 0.05) is 6.42 Å². The third-order valence-electron chi connectivity index (χ3n) is 14.8. The van der Waals surface area contributed by atoms with Gasteiger partial charge in [-0.1, -0.05) is 180 Å². The maximum atomic E-state index is 13.2. The highest BCUT2D eigenvalue weighted by Gasteiger charge is 2.53.